The van der Waals surface area contributed by atoms with Gasteiger partial charge in [0.05, 0.1) is 4.90 Å². The lowest BCUT2D eigenvalue weighted by Gasteiger charge is -2.05. The number of sulfone groups is 1. The molecular formula is C11H7Cl2NO2S. The van der Waals surface area contributed by atoms with Gasteiger partial charge in [-0.2, -0.15) is 0 Å². The lowest BCUT2D eigenvalue weighted by Crippen LogP contribution is -2.03. The number of hydrogen-bond acceptors (Lipinski definition) is 3. The minimum atomic E-state index is -3.64. The number of pyridine rings is 1. The van der Waals surface area contributed by atoms with E-state index in [1.807, 2.05) is 0 Å². The van der Waals surface area contributed by atoms with Gasteiger partial charge in [0, 0.05) is 0 Å². The molecule has 0 aliphatic heterocycles. The van der Waals surface area contributed by atoms with E-state index in [1.165, 1.54) is 24.3 Å². The van der Waals surface area contributed by atoms with Crippen LogP contribution in [0.2, 0.25) is 10.3 Å². The Kier molecular flexibility index (Phi) is 3.38. The van der Waals surface area contributed by atoms with E-state index >= 15 is 0 Å². The Morgan fingerprint density at radius 2 is 1.59 bits per heavy atom. The zero-order chi connectivity index (χ0) is 12.5. The van der Waals surface area contributed by atoms with Crippen molar-refractivity contribution in [3.63, 3.8) is 0 Å². The predicted molar refractivity (Wildman–Crippen MR) is 66.2 cm³/mol. The molecule has 3 nitrogen and oxygen atoms in total. The molecule has 2 aromatic rings. The van der Waals surface area contributed by atoms with E-state index in [1.54, 1.807) is 18.2 Å². The van der Waals surface area contributed by atoms with Crippen LogP contribution in [-0.2, 0) is 9.84 Å². The fourth-order valence-corrected chi connectivity index (χ4v) is 3.26. The van der Waals surface area contributed by atoms with Crippen LogP contribution >= 0.6 is 23.2 Å². The highest BCUT2D eigenvalue weighted by molar-refractivity contribution is 7.91. The van der Waals surface area contributed by atoms with Gasteiger partial charge in [0.1, 0.15) is 15.2 Å². The van der Waals surface area contributed by atoms with Gasteiger partial charge in [-0.05, 0) is 24.3 Å². The number of hydrogen-bond donors (Lipinski definition) is 0. The second kappa shape index (κ2) is 4.64. The molecule has 1 heterocycles. The van der Waals surface area contributed by atoms with Gasteiger partial charge in [0.2, 0.25) is 9.84 Å². The molecule has 1 aromatic carbocycles. The van der Waals surface area contributed by atoms with Crippen LogP contribution in [0.1, 0.15) is 0 Å². The number of benzene rings is 1. The van der Waals surface area contributed by atoms with Crippen molar-refractivity contribution < 1.29 is 8.42 Å². The summed E-state index contributed by atoms with van der Waals surface area (Å²) in [6.07, 6.45) is 0. The van der Waals surface area contributed by atoms with E-state index in [-0.39, 0.29) is 20.1 Å². The van der Waals surface area contributed by atoms with Crippen LogP contribution in [0.3, 0.4) is 0 Å². The lowest BCUT2D eigenvalue weighted by molar-refractivity contribution is 0.596. The molecule has 0 saturated heterocycles. The average Bonchev–Trinajstić information content (AvgIpc) is 2.29. The highest BCUT2D eigenvalue weighted by Gasteiger charge is 2.21. The summed E-state index contributed by atoms with van der Waals surface area (Å²) in [5.74, 6) is 0. The molecule has 88 valence electrons. The quantitative estimate of drug-likeness (QED) is 0.797. The summed E-state index contributed by atoms with van der Waals surface area (Å²) in [6, 6.07) is 10.8. The summed E-state index contributed by atoms with van der Waals surface area (Å²) in [6.45, 7) is 0. The van der Waals surface area contributed by atoms with Gasteiger partial charge >= 0.3 is 0 Å². The summed E-state index contributed by atoms with van der Waals surface area (Å²) in [7, 11) is -3.64. The summed E-state index contributed by atoms with van der Waals surface area (Å²) in [5, 5.41) is 0.0309. The molecule has 1 aromatic heterocycles. The Morgan fingerprint density at radius 1 is 0.941 bits per heavy atom. The molecule has 0 saturated carbocycles. The highest BCUT2D eigenvalue weighted by atomic mass is 35.5. The Balaban J connectivity index is 2.61. The molecule has 0 amide bonds. The third-order valence-corrected chi connectivity index (χ3v) is 4.54. The van der Waals surface area contributed by atoms with Crippen LogP contribution in [0.25, 0.3) is 0 Å². The maximum atomic E-state index is 12.2. The minimum Gasteiger partial charge on any atom is -0.223 e. The van der Waals surface area contributed by atoms with E-state index in [4.69, 9.17) is 23.2 Å². The first-order valence-corrected chi connectivity index (χ1v) is 6.88. The average molecular weight is 288 g/mol. The van der Waals surface area contributed by atoms with Crippen LogP contribution in [0.15, 0.2) is 52.3 Å². The largest absolute Gasteiger partial charge is 0.223 e. The topological polar surface area (TPSA) is 47.0 Å². The summed E-state index contributed by atoms with van der Waals surface area (Å²) in [4.78, 5) is 3.84. The summed E-state index contributed by atoms with van der Waals surface area (Å²) >= 11 is 11.4. The van der Waals surface area contributed by atoms with E-state index < -0.39 is 9.84 Å². The molecule has 0 N–H and O–H groups in total. The number of halogens is 2. The first kappa shape index (κ1) is 12.4. The van der Waals surface area contributed by atoms with Crippen molar-refractivity contribution in [2.75, 3.05) is 0 Å². The van der Waals surface area contributed by atoms with Gasteiger partial charge in [-0.25, -0.2) is 13.4 Å². The second-order valence-electron chi connectivity index (χ2n) is 3.24. The fourth-order valence-electron chi connectivity index (χ4n) is 1.33. The molecule has 17 heavy (non-hydrogen) atoms. The van der Waals surface area contributed by atoms with E-state index in [0.717, 1.165) is 0 Å². The van der Waals surface area contributed by atoms with E-state index in [0.29, 0.717) is 0 Å². The Hall–Kier alpha value is -1.10. The zero-order valence-corrected chi connectivity index (χ0v) is 10.8. The maximum absolute atomic E-state index is 12.2. The van der Waals surface area contributed by atoms with Crippen LogP contribution in [0.4, 0.5) is 0 Å². The standard InChI is InChI=1S/C11H7Cl2NO2S/c12-10-7-6-9(11(13)14-10)17(15,16)8-4-2-1-3-5-8/h1-7H. The van der Waals surface area contributed by atoms with Crippen LogP contribution < -0.4 is 0 Å². The molecular weight excluding hydrogens is 281 g/mol. The third-order valence-electron chi connectivity index (χ3n) is 2.12. The van der Waals surface area contributed by atoms with Gasteiger partial charge in [-0.3, -0.25) is 0 Å². The minimum absolute atomic E-state index is 0.0465. The predicted octanol–water partition coefficient (Wildman–Crippen LogP) is 3.22. The second-order valence-corrected chi connectivity index (χ2v) is 5.90. The molecule has 6 heteroatoms. The van der Waals surface area contributed by atoms with Crippen molar-refractivity contribution in [3.8, 4) is 0 Å². The first-order valence-electron chi connectivity index (χ1n) is 4.64. The van der Waals surface area contributed by atoms with Crippen LogP contribution in [0.5, 0.6) is 0 Å². The monoisotopic (exact) mass is 287 g/mol. The Labute approximate surface area is 109 Å². The number of rotatable bonds is 2. The highest BCUT2D eigenvalue weighted by Crippen LogP contribution is 2.27. The molecule has 0 spiro atoms. The van der Waals surface area contributed by atoms with E-state index in [2.05, 4.69) is 4.98 Å². The Morgan fingerprint density at radius 3 is 2.18 bits per heavy atom. The molecule has 0 bridgehead atoms. The van der Waals surface area contributed by atoms with Gasteiger partial charge in [-0.15, -0.1) is 0 Å². The molecule has 0 atom stereocenters. The smallest absolute Gasteiger partial charge is 0.209 e. The van der Waals surface area contributed by atoms with Crippen molar-refractivity contribution in [3.05, 3.63) is 52.8 Å². The van der Waals surface area contributed by atoms with Gasteiger partial charge in [0.15, 0.2) is 0 Å². The van der Waals surface area contributed by atoms with Gasteiger partial charge < -0.3 is 0 Å². The lowest BCUT2D eigenvalue weighted by atomic mass is 10.4. The Bertz CT molecular complexity index is 642. The van der Waals surface area contributed by atoms with Crippen molar-refractivity contribution in [2.45, 2.75) is 9.79 Å². The molecule has 0 radical (unpaired) electrons. The molecule has 0 aliphatic rings. The maximum Gasteiger partial charge on any atom is 0.209 e. The van der Waals surface area contributed by atoms with Gasteiger partial charge in [0.25, 0.3) is 0 Å². The summed E-state index contributed by atoms with van der Waals surface area (Å²) < 4.78 is 24.4. The molecule has 0 fully saturated rings. The number of nitrogens with zero attached hydrogens (tertiary/aromatic N) is 1. The number of aromatic nitrogens is 1. The van der Waals surface area contributed by atoms with Crippen molar-refractivity contribution >= 4 is 33.0 Å². The molecule has 2 rings (SSSR count). The van der Waals surface area contributed by atoms with Crippen molar-refractivity contribution in [1.82, 2.24) is 4.98 Å². The van der Waals surface area contributed by atoms with Gasteiger partial charge in [-0.1, -0.05) is 41.4 Å². The van der Waals surface area contributed by atoms with Crippen LogP contribution in [0, 0.1) is 0 Å². The van der Waals surface area contributed by atoms with E-state index in [9.17, 15) is 8.42 Å². The fraction of sp³-hybridized carbons (Fsp3) is 0. The normalized spacial score (nSPS) is 11.4. The first-order chi connectivity index (χ1) is 8.01. The molecule has 0 aliphatic carbocycles. The molecule has 0 unspecified atom stereocenters. The zero-order valence-electron chi connectivity index (χ0n) is 8.47. The third kappa shape index (κ3) is 2.44. The van der Waals surface area contributed by atoms with Crippen LogP contribution in [-0.4, -0.2) is 13.4 Å². The SMILES string of the molecule is O=S(=O)(c1ccccc1)c1ccc(Cl)nc1Cl. The van der Waals surface area contributed by atoms with Crippen molar-refractivity contribution in [2.24, 2.45) is 0 Å². The van der Waals surface area contributed by atoms with Crippen molar-refractivity contribution in [1.29, 1.82) is 0 Å². The summed E-state index contributed by atoms with van der Waals surface area (Å²) in [5.41, 5.74) is 0.